The van der Waals surface area contributed by atoms with E-state index in [-0.39, 0.29) is 61.5 Å². The standard InChI is InChI=1S/C41H55NO18/c1-19-30(11-10-26(46)37(19)51)58-33-15-34(50)41(52,38-27(47)8-6-22(16-43)54-38)35(18-45)60-40(33)57-24-12-25(42-53)36-29(49)14-31(59-32(36)13-24)20-2-4-21(5-3-20)55-39-28(48)9-7-23(17-44)56-39/h2-5,12-13,19,22-23,26-28,30-31,33-35,37-40,43-48,50-52H,6-11,14-18H2,1H3/t19?,22?,23?,26?,27-,28-,30?,31?,33-,34?,35?,37?,38?,39?,40?,41?/m0/s1. The molecule has 13 unspecified atom stereocenters. The van der Waals surface area contributed by atoms with E-state index >= 15 is 0 Å². The van der Waals surface area contributed by atoms with Crippen molar-refractivity contribution in [3.8, 4) is 17.2 Å². The van der Waals surface area contributed by atoms with E-state index < -0.39 is 123 Å². The fourth-order valence-corrected chi connectivity index (χ4v) is 8.91. The second-order valence-corrected chi connectivity index (χ2v) is 16.4. The Morgan fingerprint density at radius 3 is 2.12 bits per heavy atom. The number of benzene rings is 2. The molecule has 2 aromatic carbocycles. The molecule has 1 aliphatic carbocycles. The molecule has 4 fully saturated rings. The number of fused-ring (bicyclic) bond motifs is 1. The summed E-state index contributed by atoms with van der Waals surface area (Å²) in [4.78, 5) is 25.8. The predicted octanol–water partition coefficient (Wildman–Crippen LogP) is 0.413. The average molecular weight is 850 g/mol. The first-order valence-electron chi connectivity index (χ1n) is 20.5. The molecule has 3 saturated heterocycles. The summed E-state index contributed by atoms with van der Waals surface area (Å²) >= 11 is 0. The van der Waals surface area contributed by atoms with Gasteiger partial charge in [0.15, 0.2) is 5.78 Å². The van der Waals surface area contributed by atoms with Gasteiger partial charge in [-0.25, -0.2) is 0 Å². The molecule has 0 spiro atoms. The van der Waals surface area contributed by atoms with Crippen molar-refractivity contribution in [2.24, 2.45) is 11.1 Å². The van der Waals surface area contributed by atoms with Gasteiger partial charge in [0, 0.05) is 24.5 Å². The van der Waals surface area contributed by atoms with Gasteiger partial charge < -0.3 is 79.1 Å². The Hall–Kier alpha value is -3.41. The van der Waals surface area contributed by atoms with Crippen LogP contribution in [0, 0.1) is 10.8 Å². The second kappa shape index (κ2) is 18.9. The largest absolute Gasteiger partial charge is 0.484 e. The first-order valence-corrected chi connectivity index (χ1v) is 20.5. The Labute approximate surface area is 345 Å². The van der Waals surface area contributed by atoms with E-state index in [0.29, 0.717) is 24.2 Å². The van der Waals surface area contributed by atoms with E-state index in [2.05, 4.69) is 5.18 Å². The van der Waals surface area contributed by atoms with Crippen molar-refractivity contribution in [3.05, 3.63) is 52.4 Å². The van der Waals surface area contributed by atoms with Crippen LogP contribution in [0.4, 0.5) is 5.69 Å². The number of ketones is 1. The quantitative estimate of drug-likeness (QED) is 0.131. The molecule has 332 valence electrons. The van der Waals surface area contributed by atoms with E-state index in [1.54, 1.807) is 31.2 Å². The molecule has 4 heterocycles. The third-order valence-electron chi connectivity index (χ3n) is 12.5. The summed E-state index contributed by atoms with van der Waals surface area (Å²) in [5.74, 6) is -0.851. The minimum Gasteiger partial charge on any atom is -0.484 e. The molecule has 2 aromatic rings. The zero-order chi connectivity index (χ0) is 42.9. The highest BCUT2D eigenvalue weighted by molar-refractivity contribution is 6.04. The van der Waals surface area contributed by atoms with Crippen LogP contribution in [0.5, 0.6) is 17.2 Å². The average Bonchev–Trinajstić information content (AvgIpc) is 3.34. The zero-order valence-electron chi connectivity index (χ0n) is 33.0. The molecule has 1 saturated carbocycles. The summed E-state index contributed by atoms with van der Waals surface area (Å²) in [5.41, 5.74) is -2.31. The van der Waals surface area contributed by atoms with E-state index in [1.807, 2.05) is 0 Å². The van der Waals surface area contributed by atoms with Gasteiger partial charge in [0.05, 0.1) is 74.5 Å². The van der Waals surface area contributed by atoms with Gasteiger partial charge in [-0.15, -0.1) is 4.91 Å². The fourth-order valence-electron chi connectivity index (χ4n) is 8.91. The highest BCUT2D eigenvalue weighted by Gasteiger charge is 2.59. The van der Waals surface area contributed by atoms with Crippen LogP contribution in [0.1, 0.15) is 80.3 Å². The molecule has 0 aromatic heterocycles. The minimum atomic E-state index is -2.48. The van der Waals surface area contributed by atoms with Gasteiger partial charge in [0.25, 0.3) is 0 Å². The third kappa shape index (κ3) is 9.05. The monoisotopic (exact) mass is 849 g/mol. The Morgan fingerprint density at radius 2 is 1.43 bits per heavy atom. The lowest BCUT2D eigenvalue weighted by atomic mass is 9.78. The summed E-state index contributed by atoms with van der Waals surface area (Å²) in [6.07, 6.45) is -14.8. The molecule has 9 N–H and O–H groups in total. The smallest absolute Gasteiger partial charge is 0.226 e. The maximum Gasteiger partial charge on any atom is 0.226 e. The Kier molecular flexibility index (Phi) is 14.1. The molecule has 0 amide bonds. The van der Waals surface area contributed by atoms with Crippen molar-refractivity contribution in [2.45, 2.75) is 150 Å². The number of rotatable bonds is 12. The van der Waals surface area contributed by atoms with Crippen LogP contribution in [-0.2, 0) is 18.9 Å². The van der Waals surface area contributed by atoms with Gasteiger partial charge in [-0.1, -0.05) is 19.1 Å². The third-order valence-corrected chi connectivity index (χ3v) is 12.5. The number of Topliss-reactive ketones (excluding diaryl/α,β-unsaturated/α-hetero) is 1. The number of aliphatic hydroxyl groups is 9. The Bertz CT molecular complexity index is 1780. The molecule has 19 nitrogen and oxygen atoms in total. The molecule has 19 heteroatoms. The van der Waals surface area contributed by atoms with Crippen LogP contribution in [-0.4, -0.2) is 157 Å². The van der Waals surface area contributed by atoms with Crippen LogP contribution >= 0.6 is 0 Å². The first kappa shape index (κ1) is 44.6. The Morgan fingerprint density at radius 1 is 0.767 bits per heavy atom. The highest BCUT2D eigenvalue weighted by Crippen LogP contribution is 2.45. The maximum absolute atomic E-state index is 13.6. The summed E-state index contributed by atoms with van der Waals surface area (Å²) in [7, 11) is 0. The van der Waals surface area contributed by atoms with Crippen molar-refractivity contribution in [3.63, 3.8) is 0 Å². The number of carbonyl (C=O) groups is 1. The lowest BCUT2D eigenvalue weighted by Crippen LogP contribution is -2.67. The summed E-state index contributed by atoms with van der Waals surface area (Å²) in [6, 6.07) is 9.08. The number of nitroso groups, excluding NO2 is 1. The van der Waals surface area contributed by atoms with Crippen LogP contribution in [0.25, 0.3) is 0 Å². The van der Waals surface area contributed by atoms with Crippen molar-refractivity contribution in [2.75, 3.05) is 19.8 Å². The van der Waals surface area contributed by atoms with Gasteiger partial charge in [-0.2, -0.15) is 0 Å². The van der Waals surface area contributed by atoms with Crippen LogP contribution in [0.3, 0.4) is 0 Å². The molecule has 5 aliphatic rings. The SMILES string of the molecule is CC1C(O[C@H]2CC(O)C(O)(C3OC(CO)CC[C@@H]3O)C(CO)OC2Oc2cc(N=O)c3c(c2)OC(c2ccc(OC4OC(CO)CC[C@@H]4O)cc2)CC3=O)CCC(O)C1O. The van der Waals surface area contributed by atoms with E-state index in [1.165, 1.54) is 12.1 Å². The van der Waals surface area contributed by atoms with Crippen LogP contribution in [0.15, 0.2) is 41.6 Å². The number of carbonyl (C=O) groups excluding carboxylic acids is 1. The summed E-state index contributed by atoms with van der Waals surface area (Å²) < 4.78 is 42.6. The van der Waals surface area contributed by atoms with Crippen molar-refractivity contribution in [1.82, 2.24) is 0 Å². The minimum absolute atomic E-state index is 0.0504. The normalized spacial score (nSPS) is 39.8. The molecule has 7 rings (SSSR count). The molecule has 60 heavy (non-hydrogen) atoms. The van der Waals surface area contributed by atoms with Crippen LogP contribution in [0.2, 0.25) is 0 Å². The van der Waals surface area contributed by atoms with E-state index in [9.17, 15) is 55.7 Å². The number of nitrogens with zero attached hydrogens (tertiary/aromatic N) is 1. The number of hydrogen-bond acceptors (Lipinski definition) is 19. The van der Waals surface area contributed by atoms with Gasteiger partial charge in [0.1, 0.15) is 59.1 Å². The van der Waals surface area contributed by atoms with Crippen molar-refractivity contribution >= 4 is 11.5 Å². The molecule has 4 aliphatic heterocycles. The van der Waals surface area contributed by atoms with Gasteiger partial charge in [0.2, 0.25) is 12.6 Å². The number of hydrogen-bond donors (Lipinski definition) is 9. The second-order valence-electron chi connectivity index (χ2n) is 16.4. The molecule has 0 bridgehead atoms. The summed E-state index contributed by atoms with van der Waals surface area (Å²) in [6.45, 7) is 0.118. The van der Waals surface area contributed by atoms with Gasteiger partial charge in [-0.3, -0.25) is 4.79 Å². The maximum atomic E-state index is 13.6. The van der Waals surface area contributed by atoms with Gasteiger partial charge >= 0.3 is 0 Å². The zero-order valence-corrected chi connectivity index (χ0v) is 33.0. The topological polar surface area (TPSA) is 293 Å². The number of aliphatic hydroxyl groups excluding tert-OH is 8. The fraction of sp³-hybridized carbons (Fsp3) is 0.683. The van der Waals surface area contributed by atoms with E-state index in [0.717, 1.165) is 0 Å². The number of ether oxygens (including phenoxy) is 7. The lowest BCUT2D eigenvalue weighted by molar-refractivity contribution is -0.284. The molecule has 16 atom stereocenters. The molecular weight excluding hydrogens is 794 g/mol. The molecule has 0 radical (unpaired) electrons. The lowest BCUT2D eigenvalue weighted by Gasteiger charge is -2.47. The van der Waals surface area contributed by atoms with Gasteiger partial charge in [-0.05, 0) is 61.4 Å². The highest BCUT2D eigenvalue weighted by atomic mass is 16.7. The van der Waals surface area contributed by atoms with Crippen molar-refractivity contribution < 1.29 is 83.9 Å². The predicted molar refractivity (Wildman–Crippen MR) is 204 cm³/mol. The molecular formula is C41H55NO18. The first-order chi connectivity index (χ1) is 28.8. The summed E-state index contributed by atoms with van der Waals surface area (Å²) in [5, 5.41) is 99.4. The van der Waals surface area contributed by atoms with E-state index in [4.69, 9.17) is 33.2 Å². The van der Waals surface area contributed by atoms with Crippen molar-refractivity contribution in [1.29, 1.82) is 0 Å². The Balaban J connectivity index is 1.16. The van der Waals surface area contributed by atoms with Crippen LogP contribution < -0.4 is 14.2 Å².